The van der Waals surface area contributed by atoms with E-state index in [0.29, 0.717) is 12.2 Å². The van der Waals surface area contributed by atoms with Crippen LogP contribution in [-0.4, -0.2) is 36.8 Å². The van der Waals surface area contributed by atoms with Crippen LogP contribution in [0.15, 0.2) is 42.7 Å². The second kappa shape index (κ2) is 5.77. The van der Waals surface area contributed by atoms with E-state index in [-0.39, 0.29) is 17.6 Å². The Kier molecular flexibility index (Phi) is 3.56. The molecule has 3 aromatic rings. The molecule has 1 aliphatic rings. The predicted molar refractivity (Wildman–Crippen MR) is 89.6 cm³/mol. The van der Waals surface area contributed by atoms with E-state index in [9.17, 15) is 9.18 Å². The number of hydrogen-bond acceptors (Lipinski definition) is 4. The molecule has 0 N–H and O–H groups in total. The topological polar surface area (TPSA) is 63.9 Å². The van der Waals surface area contributed by atoms with Crippen molar-refractivity contribution in [2.75, 3.05) is 0 Å². The Morgan fingerprint density at radius 1 is 1.24 bits per heavy atom. The van der Waals surface area contributed by atoms with Crippen LogP contribution in [0.25, 0.3) is 16.9 Å². The van der Waals surface area contributed by atoms with Crippen LogP contribution >= 0.6 is 0 Å². The van der Waals surface area contributed by atoms with Crippen molar-refractivity contribution in [1.29, 1.82) is 0 Å². The van der Waals surface area contributed by atoms with Crippen molar-refractivity contribution in [3.05, 3.63) is 59.8 Å². The van der Waals surface area contributed by atoms with Crippen molar-refractivity contribution < 1.29 is 9.18 Å². The third-order valence-electron chi connectivity index (χ3n) is 4.34. The number of hydrogen-bond donors (Lipinski definition) is 0. The molecule has 3 heterocycles. The first-order valence-electron chi connectivity index (χ1n) is 8.02. The summed E-state index contributed by atoms with van der Waals surface area (Å²) >= 11 is 0. The Morgan fingerprint density at radius 3 is 2.84 bits per heavy atom. The molecule has 0 atom stereocenters. The zero-order valence-corrected chi connectivity index (χ0v) is 13.8. The molecular weight excluding hydrogens is 321 g/mol. The van der Waals surface area contributed by atoms with Gasteiger partial charge in [0.2, 0.25) is 5.95 Å². The molecule has 1 amide bonds. The van der Waals surface area contributed by atoms with Crippen molar-refractivity contribution in [2.24, 2.45) is 0 Å². The van der Waals surface area contributed by atoms with Crippen LogP contribution in [0, 0.1) is 5.95 Å². The third-order valence-corrected chi connectivity index (χ3v) is 4.34. The first-order chi connectivity index (χ1) is 12.0. The Hall–Kier alpha value is -3.09. The third kappa shape index (κ3) is 2.57. The van der Waals surface area contributed by atoms with Gasteiger partial charge in [0.25, 0.3) is 5.91 Å². The first kappa shape index (κ1) is 15.4. The number of carbonyl (C=O) groups excluding carboxylic acids is 1. The van der Waals surface area contributed by atoms with Gasteiger partial charge in [0.05, 0.1) is 6.20 Å². The molecule has 7 heteroatoms. The van der Waals surface area contributed by atoms with E-state index in [1.807, 2.05) is 36.9 Å². The van der Waals surface area contributed by atoms with Gasteiger partial charge in [-0.25, -0.2) is 9.67 Å². The molecule has 0 saturated heterocycles. The average molecular weight is 337 g/mol. The van der Waals surface area contributed by atoms with E-state index in [0.717, 1.165) is 16.7 Å². The summed E-state index contributed by atoms with van der Waals surface area (Å²) in [5, 5.41) is 8.11. The Bertz CT molecular complexity index is 966. The quantitative estimate of drug-likeness (QED) is 0.690. The fourth-order valence-corrected chi connectivity index (χ4v) is 2.98. The molecule has 126 valence electrons. The Labute approximate surface area is 143 Å². The molecule has 0 fully saturated rings. The van der Waals surface area contributed by atoms with Gasteiger partial charge >= 0.3 is 0 Å². The highest BCUT2D eigenvalue weighted by atomic mass is 19.1. The summed E-state index contributed by atoms with van der Waals surface area (Å²) in [5.41, 5.74) is 3.39. The molecule has 1 aliphatic heterocycles. The second-order valence-corrected chi connectivity index (χ2v) is 6.26. The average Bonchev–Trinajstić information content (AvgIpc) is 3.20. The van der Waals surface area contributed by atoms with E-state index in [4.69, 9.17) is 0 Å². The van der Waals surface area contributed by atoms with Crippen molar-refractivity contribution in [3.8, 4) is 16.9 Å². The number of amides is 1. The van der Waals surface area contributed by atoms with E-state index in [1.165, 1.54) is 10.9 Å². The number of carbonyl (C=O) groups is 1. The zero-order valence-electron chi connectivity index (χ0n) is 13.8. The summed E-state index contributed by atoms with van der Waals surface area (Å²) < 4.78 is 15.1. The molecule has 0 unspecified atom stereocenters. The molecule has 0 saturated carbocycles. The highest BCUT2D eigenvalue weighted by Crippen LogP contribution is 2.29. The van der Waals surface area contributed by atoms with Gasteiger partial charge in [0, 0.05) is 29.9 Å². The lowest BCUT2D eigenvalue weighted by atomic mass is 10.0. The number of aromatic nitrogens is 4. The summed E-state index contributed by atoms with van der Waals surface area (Å²) in [4.78, 5) is 17.8. The van der Waals surface area contributed by atoms with Crippen molar-refractivity contribution in [3.63, 3.8) is 0 Å². The summed E-state index contributed by atoms with van der Waals surface area (Å²) in [6.45, 7) is 4.59. The highest BCUT2D eigenvalue weighted by molar-refractivity contribution is 5.99. The van der Waals surface area contributed by atoms with E-state index in [1.54, 1.807) is 18.3 Å². The van der Waals surface area contributed by atoms with Gasteiger partial charge in [-0.05, 0) is 43.7 Å². The zero-order chi connectivity index (χ0) is 17.6. The van der Waals surface area contributed by atoms with Gasteiger partial charge in [-0.15, -0.1) is 5.10 Å². The Morgan fingerprint density at radius 2 is 2.08 bits per heavy atom. The van der Waals surface area contributed by atoms with Crippen molar-refractivity contribution in [2.45, 2.75) is 26.4 Å². The van der Waals surface area contributed by atoms with Crippen LogP contribution in [0.4, 0.5) is 4.39 Å². The number of fused-ring (bicyclic) bond motifs is 1. The normalized spacial score (nSPS) is 13.6. The lowest BCUT2D eigenvalue weighted by Crippen LogP contribution is -2.30. The summed E-state index contributed by atoms with van der Waals surface area (Å²) in [6.07, 6.45) is 3.04. The monoisotopic (exact) mass is 337 g/mol. The molecule has 4 rings (SSSR count). The van der Waals surface area contributed by atoms with Crippen LogP contribution in [0.2, 0.25) is 0 Å². The number of halogens is 1. The lowest BCUT2D eigenvalue weighted by molar-refractivity contribution is 0.0730. The second-order valence-electron chi connectivity index (χ2n) is 6.26. The largest absolute Gasteiger partial charge is 0.332 e. The maximum atomic E-state index is 13.8. The number of pyridine rings is 1. The van der Waals surface area contributed by atoms with E-state index >= 15 is 0 Å². The molecule has 0 radical (unpaired) electrons. The van der Waals surface area contributed by atoms with Crippen LogP contribution in [0.3, 0.4) is 0 Å². The number of nitrogens with zero attached hydrogens (tertiary/aromatic N) is 5. The standard InChI is InChI=1S/C18H16FN5O/c1-11(2)23-9-13-8-12(5-6-14(13)18(23)25)15-10-24(22-21-15)16-4-3-7-20-17(16)19/h3-8,10-11H,9H2,1-2H3. The molecule has 6 nitrogen and oxygen atoms in total. The minimum atomic E-state index is -0.605. The fourth-order valence-electron chi connectivity index (χ4n) is 2.98. The lowest BCUT2D eigenvalue weighted by Gasteiger charge is -2.19. The van der Waals surface area contributed by atoms with E-state index < -0.39 is 5.95 Å². The van der Waals surface area contributed by atoms with Crippen molar-refractivity contribution in [1.82, 2.24) is 24.9 Å². The van der Waals surface area contributed by atoms with Gasteiger partial charge < -0.3 is 4.90 Å². The van der Waals surface area contributed by atoms with Gasteiger partial charge in [0.1, 0.15) is 11.4 Å². The van der Waals surface area contributed by atoms with Gasteiger partial charge in [-0.3, -0.25) is 4.79 Å². The smallest absolute Gasteiger partial charge is 0.254 e. The molecule has 1 aromatic carbocycles. The Balaban J connectivity index is 1.68. The fraction of sp³-hybridized carbons (Fsp3) is 0.222. The molecular formula is C18H16FN5O. The van der Waals surface area contributed by atoms with E-state index in [2.05, 4.69) is 15.3 Å². The van der Waals surface area contributed by atoms with Gasteiger partial charge in [-0.2, -0.15) is 4.39 Å². The highest BCUT2D eigenvalue weighted by Gasteiger charge is 2.29. The molecule has 2 aromatic heterocycles. The van der Waals surface area contributed by atoms with Crippen LogP contribution < -0.4 is 0 Å². The van der Waals surface area contributed by atoms with Crippen LogP contribution in [-0.2, 0) is 6.54 Å². The summed E-state index contributed by atoms with van der Waals surface area (Å²) in [7, 11) is 0. The first-order valence-corrected chi connectivity index (χ1v) is 8.02. The number of benzene rings is 1. The van der Waals surface area contributed by atoms with Crippen LogP contribution in [0.1, 0.15) is 29.8 Å². The van der Waals surface area contributed by atoms with Crippen molar-refractivity contribution >= 4 is 5.91 Å². The predicted octanol–water partition coefficient (Wildman–Crippen LogP) is 2.83. The summed E-state index contributed by atoms with van der Waals surface area (Å²) in [5.74, 6) is -0.552. The SMILES string of the molecule is CC(C)N1Cc2cc(-c3cn(-c4cccnc4F)nn3)ccc2C1=O. The van der Waals surface area contributed by atoms with Gasteiger partial charge in [-0.1, -0.05) is 11.3 Å². The molecule has 0 spiro atoms. The maximum Gasteiger partial charge on any atom is 0.254 e. The molecule has 25 heavy (non-hydrogen) atoms. The maximum absolute atomic E-state index is 13.8. The number of rotatable bonds is 3. The minimum absolute atomic E-state index is 0.0534. The van der Waals surface area contributed by atoms with Crippen LogP contribution in [0.5, 0.6) is 0 Å². The summed E-state index contributed by atoms with van der Waals surface area (Å²) in [6, 6.07) is 8.99. The molecule has 0 bridgehead atoms. The minimum Gasteiger partial charge on any atom is -0.332 e. The molecule has 0 aliphatic carbocycles. The van der Waals surface area contributed by atoms with Gasteiger partial charge in [0.15, 0.2) is 0 Å².